The molecule has 0 aliphatic carbocycles. The van der Waals surface area contributed by atoms with Crippen molar-refractivity contribution in [2.75, 3.05) is 17.2 Å². The second-order valence-electron chi connectivity index (χ2n) is 4.04. The van der Waals surface area contributed by atoms with Crippen molar-refractivity contribution in [2.24, 2.45) is 0 Å². The molecule has 1 aromatic heterocycles. The van der Waals surface area contributed by atoms with Gasteiger partial charge in [-0.25, -0.2) is 0 Å². The van der Waals surface area contributed by atoms with Crippen molar-refractivity contribution in [3.05, 3.63) is 41.7 Å². The van der Waals surface area contributed by atoms with E-state index in [1.807, 2.05) is 38.1 Å². The summed E-state index contributed by atoms with van der Waals surface area (Å²) in [5, 5.41) is 6.42. The number of nitrogens with one attached hydrogen (secondary N) is 1. The molecule has 0 radical (unpaired) electrons. The summed E-state index contributed by atoms with van der Waals surface area (Å²) in [5.74, 6) is -0.165. The molecule has 0 bridgehead atoms. The topological polar surface area (TPSA) is 75.0 Å². The molecule has 0 aliphatic rings. The molecule has 94 valence electrons. The van der Waals surface area contributed by atoms with Crippen molar-refractivity contribution in [3.8, 4) is 0 Å². The van der Waals surface area contributed by atoms with Crippen LogP contribution in [-0.4, -0.2) is 22.6 Å². The highest BCUT2D eigenvalue weighted by Crippen LogP contribution is 2.22. The standard InChI is InChI=1S/C13H16N4O/c1-3-17(11-7-5-4-6-9(11)2)13(18)12-10(14)8-15-16-12/h4-8H,3,14H2,1-2H3,(H,15,16). The highest BCUT2D eigenvalue weighted by atomic mass is 16.2. The second-order valence-corrected chi connectivity index (χ2v) is 4.04. The van der Waals surface area contributed by atoms with Gasteiger partial charge in [0.25, 0.3) is 5.91 Å². The molecule has 1 amide bonds. The summed E-state index contributed by atoms with van der Waals surface area (Å²) in [5.41, 5.74) is 8.34. The van der Waals surface area contributed by atoms with Gasteiger partial charge in [0, 0.05) is 12.2 Å². The zero-order valence-corrected chi connectivity index (χ0v) is 10.5. The van der Waals surface area contributed by atoms with E-state index in [1.165, 1.54) is 6.20 Å². The lowest BCUT2D eigenvalue weighted by molar-refractivity contribution is 0.0984. The van der Waals surface area contributed by atoms with Gasteiger partial charge < -0.3 is 10.6 Å². The summed E-state index contributed by atoms with van der Waals surface area (Å²) in [4.78, 5) is 14.1. The van der Waals surface area contributed by atoms with Crippen LogP contribution in [0.3, 0.4) is 0 Å². The molecule has 2 aromatic rings. The highest BCUT2D eigenvalue weighted by molar-refractivity contribution is 6.08. The van der Waals surface area contributed by atoms with Crippen molar-refractivity contribution >= 4 is 17.3 Å². The van der Waals surface area contributed by atoms with Crippen molar-refractivity contribution in [3.63, 3.8) is 0 Å². The third kappa shape index (κ3) is 2.07. The zero-order chi connectivity index (χ0) is 13.1. The largest absolute Gasteiger partial charge is 0.396 e. The summed E-state index contributed by atoms with van der Waals surface area (Å²) >= 11 is 0. The number of nitrogen functional groups attached to an aromatic ring is 1. The molecule has 0 unspecified atom stereocenters. The van der Waals surface area contributed by atoms with Crippen molar-refractivity contribution in [1.82, 2.24) is 10.2 Å². The van der Waals surface area contributed by atoms with E-state index in [1.54, 1.807) is 4.90 Å². The molecule has 0 atom stereocenters. The molecule has 1 heterocycles. The summed E-state index contributed by atoms with van der Waals surface area (Å²) in [7, 11) is 0. The number of para-hydroxylation sites is 1. The molecule has 1 aromatic carbocycles. The van der Waals surface area contributed by atoms with Crippen LogP contribution in [0.5, 0.6) is 0 Å². The lowest BCUT2D eigenvalue weighted by Gasteiger charge is -2.22. The van der Waals surface area contributed by atoms with Crippen LogP contribution < -0.4 is 10.6 Å². The second kappa shape index (κ2) is 4.91. The number of hydrogen-bond acceptors (Lipinski definition) is 3. The minimum Gasteiger partial charge on any atom is -0.396 e. The minimum atomic E-state index is -0.165. The first-order valence-electron chi connectivity index (χ1n) is 5.81. The number of aryl methyl sites for hydroxylation is 1. The van der Waals surface area contributed by atoms with E-state index in [2.05, 4.69) is 10.2 Å². The molecule has 0 fully saturated rings. The SMILES string of the molecule is CCN(C(=O)c1[nH]ncc1N)c1ccccc1C. The monoisotopic (exact) mass is 244 g/mol. The van der Waals surface area contributed by atoms with Gasteiger partial charge in [-0.2, -0.15) is 5.10 Å². The molecular weight excluding hydrogens is 228 g/mol. The molecule has 3 N–H and O–H groups in total. The Morgan fingerprint density at radius 1 is 1.44 bits per heavy atom. The highest BCUT2D eigenvalue weighted by Gasteiger charge is 2.20. The number of rotatable bonds is 3. The smallest absolute Gasteiger partial charge is 0.278 e. The third-order valence-corrected chi connectivity index (χ3v) is 2.85. The molecule has 0 spiro atoms. The van der Waals surface area contributed by atoms with Gasteiger partial charge in [-0.15, -0.1) is 0 Å². The van der Waals surface area contributed by atoms with E-state index in [4.69, 9.17) is 5.73 Å². The fourth-order valence-electron chi connectivity index (χ4n) is 1.89. The van der Waals surface area contributed by atoms with Crippen LogP contribution in [0.4, 0.5) is 11.4 Å². The molecule has 5 heteroatoms. The Balaban J connectivity index is 2.39. The lowest BCUT2D eigenvalue weighted by atomic mass is 10.1. The molecule has 18 heavy (non-hydrogen) atoms. The number of H-pyrrole nitrogens is 1. The maximum atomic E-state index is 12.4. The van der Waals surface area contributed by atoms with Crippen LogP contribution in [0.25, 0.3) is 0 Å². The Kier molecular flexibility index (Phi) is 3.32. The Morgan fingerprint density at radius 3 is 2.72 bits per heavy atom. The number of carbonyl (C=O) groups is 1. The van der Waals surface area contributed by atoms with Crippen molar-refractivity contribution < 1.29 is 4.79 Å². The number of carbonyl (C=O) groups excluding carboxylic acids is 1. The Morgan fingerprint density at radius 2 is 2.17 bits per heavy atom. The third-order valence-electron chi connectivity index (χ3n) is 2.85. The normalized spacial score (nSPS) is 10.3. The Bertz CT molecular complexity index is 562. The van der Waals surface area contributed by atoms with E-state index >= 15 is 0 Å². The fourth-order valence-corrected chi connectivity index (χ4v) is 1.89. The Hall–Kier alpha value is -2.30. The van der Waals surface area contributed by atoms with Crippen LogP contribution in [0, 0.1) is 6.92 Å². The van der Waals surface area contributed by atoms with Gasteiger partial charge in [0.1, 0.15) is 5.69 Å². The number of amides is 1. The van der Waals surface area contributed by atoms with Gasteiger partial charge in [0.05, 0.1) is 11.9 Å². The van der Waals surface area contributed by atoms with Crippen molar-refractivity contribution in [1.29, 1.82) is 0 Å². The van der Waals surface area contributed by atoms with Gasteiger partial charge in [0.2, 0.25) is 0 Å². The number of benzene rings is 1. The quantitative estimate of drug-likeness (QED) is 0.866. The van der Waals surface area contributed by atoms with Gasteiger partial charge in [-0.3, -0.25) is 9.89 Å². The summed E-state index contributed by atoms with van der Waals surface area (Å²) in [6.07, 6.45) is 1.44. The summed E-state index contributed by atoms with van der Waals surface area (Å²) in [6, 6.07) is 7.75. The van der Waals surface area contributed by atoms with Crippen LogP contribution in [0.15, 0.2) is 30.5 Å². The van der Waals surface area contributed by atoms with Gasteiger partial charge >= 0.3 is 0 Å². The first-order chi connectivity index (χ1) is 8.65. The van der Waals surface area contributed by atoms with Gasteiger partial charge in [-0.05, 0) is 25.5 Å². The number of anilines is 2. The molecule has 0 saturated carbocycles. The number of aromatic amines is 1. The number of nitrogens with two attached hydrogens (primary N) is 1. The first kappa shape index (κ1) is 12.2. The summed E-state index contributed by atoms with van der Waals surface area (Å²) < 4.78 is 0. The summed E-state index contributed by atoms with van der Waals surface area (Å²) in [6.45, 7) is 4.47. The van der Waals surface area contributed by atoms with Crippen LogP contribution in [0.1, 0.15) is 23.0 Å². The Labute approximate surface area is 106 Å². The lowest BCUT2D eigenvalue weighted by Crippen LogP contribution is -2.32. The number of hydrogen-bond donors (Lipinski definition) is 2. The zero-order valence-electron chi connectivity index (χ0n) is 10.5. The molecule has 2 rings (SSSR count). The van der Waals surface area contributed by atoms with E-state index in [0.29, 0.717) is 17.9 Å². The van der Waals surface area contributed by atoms with E-state index < -0.39 is 0 Å². The molecule has 0 aliphatic heterocycles. The first-order valence-corrected chi connectivity index (χ1v) is 5.81. The van der Waals surface area contributed by atoms with E-state index in [9.17, 15) is 4.79 Å². The predicted molar refractivity (Wildman–Crippen MR) is 71.5 cm³/mol. The average Bonchev–Trinajstić information content (AvgIpc) is 2.78. The maximum absolute atomic E-state index is 12.4. The number of aromatic nitrogens is 2. The molecule has 5 nitrogen and oxygen atoms in total. The molecular formula is C13H16N4O. The van der Waals surface area contributed by atoms with Crippen LogP contribution in [-0.2, 0) is 0 Å². The number of nitrogens with zero attached hydrogens (tertiary/aromatic N) is 2. The average molecular weight is 244 g/mol. The van der Waals surface area contributed by atoms with Crippen LogP contribution in [0.2, 0.25) is 0 Å². The van der Waals surface area contributed by atoms with Crippen LogP contribution >= 0.6 is 0 Å². The van der Waals surface area contributed by atoms with E-state index in [0.717, 1.165) is 11.3 Å². The minimum absolute atomic E-state index is 0.165. The maximum Gasteiger partial charge on any atom is 0.278 e. The van der Waals surface area contributed by atoms with Crippen molar-refractivity contribution in [2.45, 2.75) is 13.8 Å². The van der Waals surface area contributed by atoms with Gasteiger partial charge in [-0.1, -0.05) is 18.2 Å². The van der Waals surface area contributed by atoms with E-state index in [-0.39, 0.29) is 5.91 Å². The fraction of sp³-hybridized carbons (Fsp3) is 0.231. The molecule has 0 saturated heterocycles. The predicted octanol–water partition coefficient (Wildman–Crippen LogP) is 1.97. The van der Waals surface area contributed by atoms with Gasteiger partial charge in [0.15, 0.2) is 0 Å².